The molecule has 1 heterocycles. The van der Waals surface area contributed by atoms with Crippen LogP contribution in [0.25, 0.3) is 0 Å². The third-order valence-electron chi connectivity index (χ3n) is 1.39. The highest BCUT2D eigenvalue weighted by Crippen LogP contribution is 2.10. The van der Waals surface area contributed by atoms with E-state index >= 15 is 0 Å². The Morgan fingerprint density at radius 2 is 2.25 bits per heavy atom. The van der Waals surface area contributed by atoms with E-state index in [1.165, 1.54) is 19.3 Å². The fourth-order valence-corrected chi connectivity index (χ4v) is 1.91. The zero-order valence-electron chi connectivity index (χ0n) is 6.48. The summed E-state index contributed by atoms with van der Waals surface area (Å²) >= 11 is 0. The second kappa shape index (κ2) is 3.10. The zero-order chi connectivity index (χ0) is 9.19. The molecule has 1 aliphatic rings. The maximum Gasteiger partial charge on any atom is 0.334 e. The van der Waals surface area contributed by atoms with Gasteiger partial charge in [-0.05, 0) is 0 Å². The minimum atomic E-state index is -3.24. The number of esters is 1. The largest absolute Gasteiger partial charge is 0.466 e. The van der Waals surface area contributed by atoms with E-state index in [2.05, 4.69) is 4.74 Å². The molecule has 0 N–H and O–H groups in total. The minimum Gasteiger partial charge on any atom is -0.466 e. The average molecular weight is 188 g/mol. The lowest BCUT2D eigenvalue weighted by atomic mass is 10.3. The van der Waals surface area contributed by atoms with E-state index in [4.69, 9.17) is 0 Å². The van der Waals surface area contributed by atoms with Crippen molar-refractivity contribution in [3.8, 4) is 0 Å². The zero-order valence-corrected chi connectivity index (χ0v) is 7.30. The summed E-state index contributed by atoms with van der Waals surface area (Å²) < 4.78 is 26.3. The number of hydrogen-bond acceptors (Lipinski definition) is 4. The number of hydrogen-bond donors (Lipinski definition) is 0. The number of rotatable bonds is 1. The van der Waals surface area contributed by atoms with Gasteiger partial charge in [0.25, 0.3) is 0 Å². The lowest BCUT2D eigenvalue weighted by Crippen LogP contribution is -2.16. The van der Waals surface area contributed by atoms with Crippen LogP contribution in [-0.4, -0.2) is 27.2 Å². The van der Waals surface area contributed by atoms with Crippen molar-refractivity contribution in [2.75, 3.05) is 12.9 Å². The average Bonchev–Trinajstić information content (AvgIpc) is 2.01. The predicted molar refractivity (Wildman–Crippen MR) is 43.0 cm³/mol. The molecule has 0 bridgehead atoms. The Morgan fingerprint density at radius 3 is 2.75 bits per heavy atom. The predicted octanol–water partition coefficient (Wildman–Crippen LogP) is 0.0279. The van der Waals surface area contributed by atoms with Crippen LogP contribution in [0.15, 0.2) is 23.1 Å². The summed E-state index contributed by atoms with van der Waals surface area (Å²) in [6.07, 6.45) is 2.76. The van der Waals surface area contributed by atoms with Crippen molar-refractivity contribution < 1.29 is 17.9 Å². The Labute approximate surface area is 70.4 Å². The van der Waals surface area contributed by atoms with Crippen molar-refractivity contribution in [2.45, 2.75) is 0 Å². The molecular formula is C7H8O4S. The van der Waals surface area contributed by atoms with Crippen molar-refractivity contribution in [3.63, 3.8) is 0 Å². The van der Waals surface area contributed by atoms with Crippen LogP contribution in [0.5, 0.6) is 0 Å². The molecule has 0 unspecified atom stereocenters. The van der Waals surface area contributed by atoms with Crippen LogP contribution in [0.1, 0.15) is 0 Å². The molecule has 0 aromatic rings. The Kier molecular flexibility index (Phi) is 2.32. The lowest BCUT2D eigenvalue weighted by Gasteiger charge is -2.06. The highest BCUT2D eigenvalue weighted by molar-refractivity contribution is 7.94. The van der Waals surface area contributed by atoms with Gasteiger partial charge in [-0.15, -0.1) is 0 Å². The van der Waals surface area contributed by atoms with Crippen molar-refractivity contribution in [2.24, 2.45) is 0 Å². The van der Waals surface area contributed by atoms with E-state index in [1.807, 2.05) is 0 Å². The second-order valence-electron chi connectivity index (χ2n) is 2.32. The third-order valence-corrected chi connectivity index (χ3v) is 2.67. The van der Waals surface area contributed by atoms with E-state index in [0.29, 0.717) is 0 Å². The van der Waals surface area contributed by atoms with Crippen LogP contribution in [-0.2, 0) is 19.4 Å². The normalized spacial score (nSPS) is 19.9. The number of ether oxygens (including phenoxy) is 1. The van der Waals surface area contributed by atoms with Gasteiger partial charge in [-0.1, -0.05) is 12.2 Å². The molecule has 0 aliphatic carbocycles. The second-order valence-corrected chi connectivity index (χ2v) is 4.21. The maximum atomic E-state index is 10.9. The Hall–Kier alpha value is -1.10. The van der Waals surface area contributed by atoms with Gasteiger partial charge in [0.15, 0.2) is 9.84 Å². The molecule has 0 fully saturated rings. The molecular weight excluding hydrogens is 180 g/mol. The smallest absolute Gasteiger partial charge is 0.334 e. The molecule has 1 rings (SSSR count). The van der Waals surface area contributed by atoms with Gasteiger partial charge in [0.1, 0.15) is 0 Å². The van der Waals surface area contributed by atoms with Gasteiger partial charge in [0, 0.05) is 5.41 Å². The fourth-order valence-electron chi connectivity index (χ4n) is 0.846. The van der Waals surface area contributed by atoms with Crippen LogP contribution in [0.4, 0.5) is 0 Å². The SMILES string of the molecule is COC(=O)C1=CC=CS(=O)(=O)C1. The first-order valence-electron chi connectivity index (χ1n) is 3.23. The Bertz CT molecular complexity index is 348. The summed E-state index contributed by atoms with van der Waals surface area (Å²) in [5, 5.41) is 1.07. The van der Waals surface area contributed by atoms with Crippen LogP contribution in [0.2, 0.25) is 0 Å². The molecule has 0 radical (unpaired) electrons. The summed E-state index contributed by atoms with van der Waals surface area (Å²) in [6.45, 7) is 0. The molecule has 5 heteroatoms. The number of carbonyl (C=O) groups excluding carboxylic acids is 1. The first-order chi connectivity index (χ1) is 5.55. The number of allylic oxidation sites excluding steroid dienone is 2. The highest BCUT2D eigenvalue weighted by atomic mass is 32.2. The van der Waals surface area contributed by atoms with Crippen LogP contribution in [0.3, 0.4) is 0 Å². The van der Waals surface area contributed by atoms with Crippen molar-refractivity contribution >= 4 is 15.8 Å². The molecule has 0 spiro atoms. The quantitative estimate of drug-likeness (QED) is 0.544. The van der Waals surface area contributed by atoms with Gasteiger partial charge in [0.2, 0.25) is 0 Å². The monoisotopic (exact) mass is 188 g/mol. The first kappa shape index (κ1) is 8.99. The minimum absolute atomic E-state index is 0.167. The Balaban J connectivity index is 2.91. The summed E-state index contributed by atoms with van der Waals surface area (Å²) in [5.41, 5.74) is 0.167. The molecule has 12 heavy (non-hydrogen) atoms. The van der Waals surface area contributed by atoms with Gasteiger partial charge < -0.3 is 4.74 Å². The van der Waals surface area contributed by atoms with Gasteiger partial charge >= 0.3 is 5.97 Å². The Morgan fingerprint density at radius 1 is 1.58 bits per heavy atom. The van der Waals surface area contributed by atoms with E-state index in [-0.39, 0.29) is 11.3 Å². The summed E-state index contributed by atoms with van der Waals surface area (Å²) in [5.74, 6) is -0.862. The lowest BCUT2D eigenvalue weighted by molar-refractivity contribution is -0.136. The number of methoxy groups -OCH3 is 1. The van der Waals surface area contributed by atoms with Gasteiger partial charge in [-0.2, -0.15) is 0 Å². The van der Waals surface area contributed by atoms with Crippen LogP contribution in [0, 0.1) is 0 Å². The van der Waals surface area contributed by atoms with Crippen LogP contribution >= 0.6 is 0 Å². The first-order valence-corrected chi connectivity index (χ1v) is 4.95. The van der Waals surface area contributed by atoms with E-state index in [0.717, 1.165) is 5.41 Å². The van der Waals surface area contributed by atoms with E-state index in [1.54, 1.807) is 0 Å². The maximum absolute atomic E-state index is 10.9. The van der Waals surface area contributed by atoms with Gasteiger partial charge in [0.05, 0.1) is 18.4 Å². The molecule has 0 saturated carbocycles. The molecule has 4 nitrogen and oxygen atoms in total. The standard InChI is InChI=1S/C7H8O4S/c1-11-7(8)6-3-2-4-12(9,10)5-6/h2-4H,5H2,1H3. The highest BCUT2D eigenvalue weighted by Gasteiger charge is 2.19. The van der Waals surface area contributed by atoms with E-state index < -0.39 is 15.8 Å². The summed E-state index contributed by atoms with van der Waals surface area (Å²) in [7, 11) is -2.02. The number of sulfone groups is 1. The van der Waals surface area contributed by atoms with Gasteiger partial charge in [-0.3, -0.25) is 0 Å². The fraction of sp³-hybridized carbons (Fsp3) is 0.286. The van der Waals surface area contributed by atoms with Crippen molar-refractivity contribution in [1.82, 2.24) is 0 Å². The summed E-state index contributed by atoms with van der Waals surface area (Å²) in [4.78, 5) is 10.9. The summed E-state index contributed by atoms with van der Waals surface area (Å²) in [6, 6.07) is 0. The van der Waals surface area contributed by atoms with Crippen LogP contribution < -0.4 is 0 Å². The molecule has 0 aromatic heterocycles. The van der Waals surface area contributed by atoms with Crippen molar-refractivity contribution in [3.05, 3.63) is 23.1 Å². The molecule has 1 aliphatic heterocycles. The topological polar surface area (TPSA) is 60.4 Å². The molecule has 66 valence electrons. The third kappa shape index (κ3) is 1.94. The molecule has 0 aromatic carbocycles. The molecule has 0 saturated heterocycles. The van der Waals surface area contributed by atoms with Crippen molar-refractivity contribution in [1.29, 1.82) is 0 Å². The number of carbonyl (C=O) groups is 1. The van der Waals surface area contributed by atoms with Gasteiger partial charge in [-0.25, -0.2) is 13.2 Å². The molecule has 0 atom stereocenters. The van der Waals surface area contributed by atoms with E-state index in [9.17, 15) is 13.2 Å². The molecule has 0 amide bonds.